The van der Waals surface area contributed by atoms with Crippen molar-refractivity contribution >= 4 is 45.7 Å². The summed E-state index contributed by atoms with van der Waals surface area (Å²) in [6, 6.07) is 7.64. The van der Waals surface area contributed by atoms with Crippen molar-refractivity contribution in [2.45, 2.75) is 42.4 Å². The molecule has 1 saturated heterocycles. The second-order valence-electron chi connectivity index (χ2n) is 6.83. The molecule has 3 heterocycles. The van der Waals surface area contributed by atoms with Gasteiger partial charge < -0.3 is 10.6 Å². The molecule has 2 amide bonds. The van der Waals surface area contributed by atoms with Crippen LogP contribution in [0.4, 0.5) is 10.8 Å². The Morgan fingerprint density at radius 2 is 2.07 bits per heavy atom. The van der Waals surface area contributed by atoms with Crippen molar-refractivity contribution in [2.75, 3.05) is 23.7 Å². The maximum absolute atomic E-state index is 12.4. The van der Waals surface area contributed by atoms with Crippen molar-refractivity contribution in [3.63, 3.8) is 0 Å². The van der Waals surface area contributed by atoms with Gasteiger partial charge in [-0.2, -0.15) is 0 Å². The lowest BCUT2D eigenvalue weighted by Gasteiger charge is -2.25. The van der Waals surface area contributed by atoms with Gasteiger partial charge in [0.1, 0.15) is 0 Å². The minimum atomic E-state index is -0.423. The van der Waals surface area contributed by atoms with Crippen LogP contribution in [-0.2, 0) is 16.1 Å². The molecule has 27 heavy (non-hydrogen) atoms. The van der Waals surface area contributed by atoms with Gasteiger partial charge in [-0.3, -0.25) is 14.5 Å². The monoisotopic (exact) mass is 402 g/mol. The topological polar surface area (TPSA) is 74.3 Å². The van der Waals surface area contributed by atoms with Crippen LogP contribution in [-0.4, -0.2) is 40.0 Å². The van der Waals surface area contributed by atoms with Gasteiger partial charge in [0.2, 0.25) is 11.8 Å². The molecule has 1 atom stereocenters. The number of nitrogens with one attached hydrogen (secondary N) is 2. The SMILES string of the molecule is O=C(C[C@@H]1Sc2ccccc2NC1=O)Nc1nc(CN2CCCCC2)cs1. The summed E-state index contributed by atoms with van der Waals surface area (Å²) in [6.07, 6.45) is 3.94. The lowest BCUT2D eigenvalue weighted by Crippen LogP contribution is -2.32. The molecule has 0 saturated carbocycles. The first-order valence-corrected chi connectivity index (χ1v) is 11.0. The first-order chi connectivity index (χ1) is 13.2. The zero-order chi connectivity index (χ0) is 18.6. The predicted octanol–water partition coefficient (Wildman–Crippen LogP) is 3.57. The predicted molar refractivity (Wildman–Crippen MR) is 109 cm³/mol. The Kier molecular flexibility index (Phi) is 5.75. The Morgan fingerprint density at radius 3 is 2.93 bits per heavy atom. The number of anilines is 2. The maximum Gasteiger partial charge on any atom is 0.238 e. The van der Waals surface area contributed by atoms with Crippen molar-refractivity contribution in [1.29, 1.82) is 0 Å². The number of aromatic nitrogens is 1. The highest BCUT2D eigenvalue weighted by Gasteiger charge is 2.29. The maximum atomic E-state index is 12.4. The molecule has 6 nitrogen and oxygen atoms in total. The van der Waals surface area contributed by atoms with Crippen LogP contribution < -0.4 is 10.6 Å². The van der Waals surface area contributed by atoms with Crippen LogP contribution in [0.2, 0.25) is 0 Å². The fourth-order valence-electron chi connectivity index (χ4n) is 3.35. The number of carbonyl (C=O) groups excluding carboxylic acids is 2. The summed E-state index contributed by atoms with van der Waals surface area (Å²) >= 11 is 2.88. The van der Waals surface area contributed by atoms with Crippen LogP contribution in [0.15, 0.2) is 34.5 Å². The molecule has 2 aliphatic rings. The van der Waals surface area contributed by atoms with Gasteiger partial charge in [-0.05, 0) is 38.1 Å². The van der Waals surface area contributed by atoms with E-state index in [1.807, 2.05) is 29.6 Å². The first-order valence-electron chi connectivity index (χ1n) is 9.20. The van der Waals surface area contributed by atoms with Crippen LogP contribution in [0.25, 0.3) is 0 Å². The number of rotatable bonds is 5. The van der Waals surface area contributed by atoms with Crippen LogP contribution in [0, 0.1) is 0 Å². The number of nitrogens with zero attached hydrogens (tertiary/aromatic N) is 2. The Labute approximate surface area is 166 Å². The Balaban J connectivity index is 1.31. The number of thioether (sulfide) groups is 1. The zero-order valence-electron chi connectivity index (χ0n) is 14.9. The van der Waals surface area contributed by atoms with Gasteiger partial charge in [0.15, 0.2) is 5.13 Å². The smallest absolute Gasteiger partial charge is 0.238 e. The van der Waals surface area contributed by atoms with E-state index in [-0.39, 0.29) is 18.2 Å². The third-order valence-corrected chi connectivity index (χ3v) is 6.79. The van der Waals surface area contributed by atoms with E-state index in [4.69, 9.17) is 0 Å². The summed E-state index contributed by atoms with van der Waals surface area (Å²) in [7, 11) is 0. The number of piperidine rings is 1. The van der Waals surface area contributed by atoms with E-state index in [0.29, 0.717) is 5.13 Å². The molecule has 0 radical (unpaired) electrons. The molecule has 1 aromatic carbocycles. The lowest BCUT2D eigenvalue weighted by molar-refractivity contribution is -0.120. The molecule has 0 spiro atoms. The second kappa shape index (κ2) is 8.41. The third kappa shape index (κ3) is 4.69. The quantitative estimate of drug-likeness (QED) is 0.800. The molecule has 8 heteroatoms. The van der Waals surface area contributed by atoms with E-state index >= 15 is 0 Å². The number of fused-ring (bicyclic) bond motifs is 1. The molecule has 2 N–H and O–H groups in total. The highest BCUT2D eigenvalue weighted by molar-refractivity contribution is 8.01. The fourth-order valence-corrected chi connectivity index (χ4v) is 5.18. The molecular weight excluding hydrogens is 380 g/mol. The average molecular weight is 403 g/mol. The van der Waals surface area contributed by atoms with Gasteiger partial charge >= 0.3 is 0 Å². The number of benzene rings is 1. The van der Waals surface area contributed by atoms with Gasteiger partial charge in [-0.25, -0.2) is 4.98 Å². The van der Waals surface area contributed by atoms with Gasteiger partial charge in [-0.1, -0.05) is 18.6 Å². The van der Waals surface area contributed by atoms with Crippen molar-refractivity contribution < 1.29 is 9.59 Å². The summed E-state index contributed by atoms with van der Waals surface area (Å²) in [5.41, 5.74) is 1.81. The number of thiazole rings is 1. The van der Waals surface area contributed by atoms with E-state index in [1.165, 1.54) is 42.4 Å². The van der Waals surface area contributed by atoms with Crippen molar-refractivity contribution in [1.82, 2.24) is 9.88 Å². The van der Waals surface area contributed by atoms with E-state index in [1.54, 1.807) is 0 Å². The van der Waals surface area contributed by atoms with Crippen LogP contribution in [0.3, 0.4) is 0 Å². The van der Waals surface area contributed by atoms with Gasteiger partial charge in [-0.15, -0.1) is 23.1 Å². The van der Waals surface area contributed by atoms with Gasteiger partial charge in [0.25, 0.3) is 0 Å². The number of carbonyl (C=O) groups is 2. The van der Waals surface area contributed by atoms with Gasteiger partial charge in [0.05, 0.1) is 16.6 Å². The number of hydrogen-bond acceptors (Lipinski definition) is 6. The number of hydrogen-bond donors (Lipinski definition) is 2. The Hall–Kier alpha value is -1.90. The Morgan fingerprint density at radius 1 is 1.26 bits per heavy atom. The zero-order valence-corrected chi connectivity index (χ0v) is 16.6. The van der Waals surface area contributed by atoms with Crippen molar-refractivity contribution in [3.05, 3.63) is 35.3 Å². The molecule has 0 aliphatic carbocycles. The third-order valence-electron chi connectivity index (χ3n) is 4.71. The second-order valence-corrected chi connectivity index (χ2v) is 8.93. The highest BCUT2D eigenvalue weighted by Crippen LogP contribution is 2.36. The molecule has 142 valence electrons. The summed E-state index contributed by atoms with van der Waals surface area (Å²) < 4.78 is 0. The summed E-state index contributed by atoms with van der Waals surface area (Å²) in [4.78, 5) is 32.6. The number of para-hydroxylation sites is 1. The first kappa shape index (κ1) is 18.5. The lowest BCUT2D eigenvalue weighted by atomic mass is 10.1. The number of likely N-dealkylation sites (tertiary alicyclic amines) is 1. The largest absolute Gasteiger partial charge is 0.324 e. The molecule has 1 fully saturated rings. The molecule has 2 aliphatic heterocycles. The number of amides is 2. The standard InChI is InChI=1S/C19H22N4O2S2/c24-17(10-16-18(25)21-14-6-2-3-7-15(14)27-16)22-19-20-13(12-26-19)11-23-8-4-1-5-9-23/h2-3,6-7,12,16H,1,4-5,8-11H2,(H,21,25)(H,20,22,24)/t16-/m0/s1. The van der Waals surface area contributed by atoms with Crippen molar-refractivity contribution in [3.8, 4) is 0 Å². The fraction of sp³-hybridized carbons (Fsp3) is 0.421. The molecule has 4 rings (SSSR count). The van der Waals surface area contributed by atoms with Crippen LogP contribution in [0.1, 0.15) is 31.4 Å². The van der Waals surface area contributed by atoms with E-state index in [2.05, 4.69) is 20.5 Å². The van der Waals surface area contributed by atoms with Crippen LogP contribution >= 0.6 is 23.1 Å². The minimum absolute atomic E-state index is 0.126. The summed E-state index contributed by atoms with van der Waals surface area (Å²) in [5.74, 6) is -0.306. The van der Waals surface area contributed by atoms with Gasteiger partial charge in [0, 0.05) is 23.2 Å². The minimum Gasteiger partial charge on any atom is -0.324 e. The average Bonchev–Trinajstić information content (AvgIpc) is 3.10. The molecular formula is C19H22N4O2S2. The molecule has 0 unspecified atom stereocenters. The summed E-state index contributed by atoms with van der Waals surface area (Å²) in [5, 5.41) is 7.90. The van der Waals surface area contributed by atoms with Crippen molar-refractivity contribution in [2.24, 2.45) is 0 Å². The normalized spacial score (nSPS) is 20.0. The summed E-state index contributed by atoms with van der Waals surface area (Å²) in [6.45, 7) is 3.08. The highest BCUT2D eigenvalue weighted by atomic mass is 32.2. The Bertz CT molecular complexity index is 833. The van der Waals surface area contributed by atoms with E-state index in [0.717, 1.165) is 35.9 Å². The molecule has 1 aromatic heterocycles. The van der Waals surface area contributed by atoms with E-state index < -0.39 is 5.25 Å². The molecule has 0 bridgehead atoms. The molecule has 2 aromatic rings. The van der Waals surface area contributed by atoms with E-state index in [9.17, 15) is 9.59 Å². The van der Waals surface area contributed by atoms with Crippen LogP contribution in [0.5, 0.6) is 0 Å².